The van der Waals surface area contributed by atoms with E-state index in [1.165, 1.54) is 11.8 Å². The predicted molar refractivity (Wildman–Crippen MR) is 56.7 cm³/mol. The Balaban J connectivity index is 2.94. The molecule has 1 rings (SSSR count). The Kier molecular flexibility index (Phi) is 3.27. The van der Waals surface area contributed by atoms with Crippen LogP contribution < -0.4 is 0 Å². The number of carboxylic acids is 1. The van der Waals surface area contributed by atoms with Gasteiger partial charge in [-0.05, 0) is 6.42 Å². The first kappa shape index (κ1) is 13.0. The Bertz CT molecular complexity index is 416. The van der Waals surface area contributed by atoms with Crippen molar-refractivity contribution < 1.29 is 23.1 Å². The smallest absolute Gasteiger partial charge is 0.312 e. The van der Waals surface area contributed by atoms with Gasteiger partial charge in [-0.2, -0.15) is 0 Å². The molecule has 1 N–H and O–H groups in total. The van der Waals surface area contributed by atoms with Crippen molar-refractivity contribution in [3.8, 4) is 0 Å². The highest BCUT2D eigenvalue weighted by atomic mass is 32.2. The molecular weight excluding hydrogens is 234 g/mol. The maximum absolute atomic E-state index is 11.2. The van der Waals surface area contributed by atoms with E-state index >= 15 is 0 Å². The summed E-state index contributed by atoms with van der Waals surface area (Å²) < 4.78 is 22.4. The molecule has 0 aromatic carbocycles. The number of rotatable bonds is 3. The van der Waals surface area contributed by atoms with Gasteiger partial charge in [0.25, 0.3) is 0 Å². The van der Waals surface area contributed by atoms with Crippen LogP contribution in [-0.4, -0.2) is 55.4 Å². The quantitative estimate of drug-likeness (QED) is 0.718. The molecule has 0 aromatic rings. The van der Waals surface area contributed by atoms with Crippen LogP contribution in [0.2, 0.25) is 0 Å². The van der Waals surface area contributed by atoms with Gasteiger partial charge in [0.1, 0.15) is 15.3 Å². The zero-order valence-electron chi connectivity index (χ0n) is 9.26. The van der Waals surface area contributed by atoms with Crippen LogP contribution >= 0.6 is 0 Å². The Morgan fingerprint density at radius 2 is 2.00 bits per heavy atom. The Labute approximate surface area is 94.2 Å². The normalized spacial score (nSPS) is 25.8. The average molecular weight is 249 g/mol. The number of hydrogen-bond donors (Lipinski definition) is 1. The summed E-state index contributed by atoms with van der Waals surface area (Å²) in [5.41, 5.74) is -1.33. The fraction of sp³-hybridized carbons (Fsp3) is 0.778. The van der Waals surface area contributed by atoms with Crippen molar-refractivity contribution in [1.82, 2.24) is 4.90 Å². The zero-order valence-corrected chi connectivity index (χ0v) is 10.1. The summed E-state index contributed by atoms with van der Waals surface area (Å²) >= 11 is 0. The Morgan fingerprint density at radius 1 is 1.44 bits per heavy atom. The lowest BCUT2D eigenvalue weighted by Gasteiger charge is -2.23. The standard InChI is InChI=1S/C9H15NO5S/c1-7(11)10-4-3-9(5-10,8(12)13)6-16(2,14)15/h3-6H2,1-2H3,(H,12,13). The minimum Gasteiger partial charge on any atom is -0.481 e. The highest BCUT2D eigenvalue weighted by Crippen LogP contribution is 2.32. The highest BCUT2D eigenvalue weighted by Gasteiger charge is 2.47. The van der Waals surface area contributed by atoms with Crippen LogP contribution in [0.15, 0.2) is 0 Å². The van der Waals surface area contributed by atoms with Crippen LogP contribution in [0.4, 0.5) is 0 Å². The average Bonchev–Trinajstić information content (AvgIpc) is 2.46. The van der Waals surface area contributed by atoms with E-state index in [1.54, 1.807) is 0 Å². The lowest BCUT2D eigenvalue weighted by Crippen LogP contribution is -2.41. The fourth-order valence-corrected chi connectivity index (χ4v) is 3.36. The largest absolute Gasteiger partial charge is 0.481 e. The number of nitrogens with zero attached hydrogens (tertiary/aromatic N) is 1. The molecule has 6 nitrogen and oxygen atoms in total. The number of carbonyl (C=O) groups excluding carboxylic acids is 1. The van der Waals surface area contributed by atoms with Gasteiger partial charge in [-0.1, -0.05) is 0 Å². The monoisotopic (exact) mass is 249 g/mol. The van der Waals surface area contributed by atoms with E-state index < -0.39 is 27.0 Å². The number of carboxylic acid groups (broad SMARTS) is 1. The molecule has 1 aliphatic heterocycles. The van der Waals surface area contributed by atoms with Gasteiger partial charge in [0.05, 0.1) is 5.75 Å². The van der Waals surface area contributed by atoms with Gasteiger partial charge in [0, 0.05) is 26.3 Å². The third-order valence-electron chi connectivity index (χ3n) is 2.79. The van der Waals surface area contributed by atoms with Crippen molar-refractivity contribution in [2.24, 2.45) is 5.41 Å². The van der Waals surface area contributed by atoms with Crippen molar-refractivity contribution in [3.63, 3.8) is 0 Å². The first-order chi connectivity index (χ1) is 7.16. The van der Waals surface area contributed by atoms with Gasteiger partial charge in [0.2, 0.25) is 5.91 Å². The third-order valence-corrected chi connectivity index (χ3v) is 3.87. The molecule has 0 saturated carbocycles. The second kappa shape index (κ2) is 4.04. The summed E-state index contributed by atoms with van der Waals surface area (Å²) in [6, 6.07) is 0. The van der Waals surface area contributed by atoms with Crippen LogP contribution in [0.25, 0.3) is 0 Å². The number of hydrogen-bond acceptors (Lipinski definition) is 4. The molecule has 0 radical (unpaired) electrons. The molecule has 0 aromatic heterocycles. The van der Waals surface area contributed by atoms with Crippen molar-refractivity contribution in [3.05, 3.63) is 0 Å². The molecule has 0 aliphatic carbocycles. The molecule has 0 bridgehead atoms. The molecule has 16 heavy (non-hydrogen) atoms. The first-order valence-corrected chi connectivity index (χ1v) is 6.89. The third kappa shape index (κ3) is 2.72. The van der Waals surface area contributed by atoms with Gasteiger partial charge in [0.15, 0.2) is 0 Å². The van der Waals surface area contributed by atoms with Gasteiger partial charge < -0.3 is 10.0 Å². The number of carbonyl (C=O) groups is 2. The number of amides is 1. The summed E-state index contributed by atoms with van der Waals surface area (Å²) in [5.74, 6) is -1.79. The van der Waals surface area contributed by atoms with Crippen LogP contribution in [0.5, 0.6) is 0 Å². The van der Waals surface area contributed by atoms with Gasteiger partial charge in [-0.25, -0.2) is 8.42 Å². The SMILES string of the molecule is CC(=O)N1CCC(CS(C)(=O)=O)(C(=O)O)C1. The molecule has 1 fully saturated rings. The second-order valence-corrected chi connectivity index (χ2v) is 6.49. The van der Waals surface area contributed by atoms with Crippen molar-refractivity contribution >= 4 is 21.7 Å². The maximum Gasteiger partial charge on any atom is 0.312 e. The van der Waals surface area contributed by atoms with Crippen LogP contribution in [0.1, 0.15) is 13.3 Å². The number of aliphatic carboxylic acids is 1. The maximum atomic E-state index is 11.2. The molecule has 1 heterocycles. The zero-order chi connectivity index (χ0) is 12.6. The summed E-state index contributed by atoms with van der Waals surface area (Å²) in [7, 11) is -3.38. The van der Waals surface area contributed by atoms with Crippen LogP contribution in [0, 0.1) is 5.41 Å². The van der Waals surface area contributed by atoms with Gasteiger partial charge >= 0.3 is 5.97 Å². The predicted octanol–water partition coefficient (Wildman–Crippen LogP) is -0.646. The molecule has 1 unspecified atom stereocenters. The fourth-order valence-electron chi connectivity index (χ4n) is 2.00. The molecule has 1 aliphatic rings. The summed E-state index contributed by atoms with van der Waals surface area (Å²) in [6.45, 7) is 1.63. The van der Waals surface area contributed by atoms with Crippen molar-refractivity contribution in [2.45, 2.75) is 13.3 Å². The molecular formula is C9H15NO5S. The number of sulfone groups is 1. The van der Waals surface area contributed by atoms with Crippen LogP contribution in [0.3, 0.4) is 0 Å². The lowest BCUT2D eigenvalue weighted by atomic mass is 9.90. The molecule has 92 valence electrons. The molecule has 1 saturated heterocycles. The minimum atomic E-state index is -3.38. The minimum absolute atomic E-state index is 0.0231. The second-order valence-electron chi connectivity index (χ2n) is 4.35. The Morgan fingerprint density at radius 3 is 2.31 bits per heavy atom. The Hall–Kier alpha value is -1.11. The topological polar surface area (TPSA) is 91.8 Å². The molecule has 7 heteroatoms. The van der Waals surface area contributed by atoms with E-state index in [-0.39, 0.29) is 18.9 Å². The van der Waals surface area contributed by atoms with Gasteiger partial charge in [-0.3, -0.25) is 9.59 Å². The van der Waals surface area contributed by atoms with E-state index in [2.05, 4.69) is 0 Å². The molecule has 0 spiro atoms. The van der Waals surface area contributed by atoms with E-state index in [0.717, 1.165) is 6.26 Å². The van der Waals surface area contributed by atoms with E-state index in [9.17, 15) is 18.0 Å². The lowest BCUT2D eigenvalue weighted by molar-refractivity contribution is -0.147. The molecule has 1 atom stereocenters. The van der Waals surface area contributed by atoms with E-state index in [0.29, 0.717) is 6.54 Å². The van der Waals surface area contributed by atoms with E-state index in [4.69, 9.17) is 5.11 Å². The van der Waals surface area contributed by atoms with Crippen LogP contribution in [-0.2, 0) is 19.4 Å². The van der Waals surface area contributed by atoms with E-state index in [1.807, 2.05) is 0 Å². The highest BCUT2D eigenvalue weighted by molar-refractivity contribution is 7.90. The summed E-state index contributed by atoms with van der Waals surface area (Å²) in [6.07, 6.45) is 1.20. The number of likely N-dealkylation sites (tertiary alicyclic amines) is 1. The van der Waals surface area contributed by atoms with Crippen molar-refractivity contribution in [1.29, 1.82) is 0 Å². The summed E-state index contributed by atoms with van der Waals surface area (Å²) in [5, 5.41) is 9.12. The first-order valence-electron chi connectivity index (χ1n) is 4.83. The molecule has 1 amide bonds. The summed E-state index contributed by atoms with van der Waals surface area (Å²) in [4.78, 5) is 23.6. The van der Waals surface area contributed by atoms with Gasteiger partial charge in [-0.15, -0.1) is 0 Å². The van der Waals surface area contributed by atoms with Crippen molar-refractivity contribution in [2.75, 3.05) is 25.1 Å².